The molecule has 1 aliphatic heterocycles. The van der Waals surface area contributed by atoms with Crippen molar-refractivity contribution in [1.29, 1.82) is 0 Å². The Morgan fingerprint density at radius 1 is 1.47 bits per heavy atom. The quantitative estimate of drug-likeness (QED) is 0.910. The Kier molecular flexibility index (Phi) is 3.03. The van der Waals surface area contributed by atoms with Gasteiger partial charge in [0.1, 0.15) is 0 Å². The maximum atomic E-state index is 5.23. The van der Waals surface area contributed by atoms with Gasteiger partial charge in [-0.2, -0.15) is 0 Å². The van der Waals surface area contributed by atoms with Gasteiger partial charge in [0.25, 0.3) is 0 Å². The molecule has 1 aromatic rings. The van der Waals surface area contributed by atoms with Crippen LogP contribution in [-0.4, -0.2) is 19.8 Å². The number of ether oxygens (including phenoxy) is 1. The maximum absolute atomic E-state index is 5.23. The number of benzene rings is 1. The summed E-state index contributed by atoms with van der Waals surface area (Å²) >= 11 is 3.59. The second kappa shape index (κ2) is 4.14. The second-order valence-electron chi connectivity index (χ2n) is 4.59. The molecule has 1 heterocycles. The van der Waals surface area contributed by atoms with Gasteiger partial charge in [-0.25, -0.2) is 0 Å². The van der Waals surface area contributed by atoms with Gasteiger partial charge < -0.3 is 10.1 Å². The van der Waals surface area contributed by atoms with Crippen LogP contribution in [0.5, 0.6) is 0 Å². The van der Waals surface area contributed by atoms with Crippen LogP contribution in [0.3, 0.4) is 0 Å². The lowest BCUT2D eigenvalue weighted by atomic mass is 9.88. The minimum Gasteiger partial charge on any atom is -0.383 e. The number of hydrogen-bond donors (Lipinski definition) is 1. The van der Waals surface area contributed by atoms with Crippen LogP contribution >= 0.6 is 15.9 Å². The van der Waals surface area contributed by atoms with Crippen LogP contribution in [-0.2, 0) is 4.74 Å². The molecule has 0 amide bonds. The zero-order chi connectivity index (χ0) is 10.9. The average molecular weight is 270 g/mol. The lowest BCUT2D eigenvalue weighted by Crippen LogP contribution is -2.45. The molecule has 1 fully saturated rings. The summed E-state index contributed by atoms with van der Waals surface area (Å²) in [5, 5.41) is 3.47. The Labute approximate surface area is 99.1 Å². The lowest BCUT2D eigenvalue weighted by Gasteiger charge is -2.38. The second-order valence-corrected chi connectivity index (χ2v) is 5.39. The maximum Gasteiger partial charge on any atom is 0.0559 e. The van der Waals surface area contributed by atoms with E-state index >= 15 is 0 Å². The fourth-order valence-electron chi connectivity index (χ4n) is 1.65. The molecule has 0 atom stereocenters. The number of halogens is 1. The number of anilines is 1. The molecule has 1 aliphatic rings. The van der Waals surface area contributed by atoms with Crippen molar-refractivity contribution in [2.45, 2.75) is 13.8 Å². The fourth-order valence-corrected chi connectivity index (χ4v) is 2.05. The van der Waals surface area contributed by atoms with Crippen LogP contribution in [0.25, 0.3) is 0 Å². The Morgan fingerprint density at radius 3 is 2.80 bits per heavy atom. The standard InChI is InChI=1S/C12H16BrNO/c1-9-4-3-5-10(11(9)13)14-6-12(2)7-15-8-12/h3-5,14H,6-8H2,1-2H3. The molecule has 0 unspecified atom stereocenters. The van der Waals surface area contributed by atoms with Crippen molar-refractivity contribution in [2.75, 3.05) is 25.1 Å². The highest BCUT2D eigenvalue weighted by Gasteiger charge is 2.33. The van der Waals surface area contributed by atoms with Gasteiger partial charge in [0.15, 0.2) is 0 Å². The molecule has 2 rings (SSSR count). The first kappa shape index (κ1) is 11.0. The molecule has 0 radical (unpaired) electrons. The number of hydrogen-bond acceptors (Lipinski definition) is 2. The summed E-state index contributed by atoms with van der Waals surface area (Å²) in [6, 6.07) is 6.27. The zero-order valence-electron chi connectivity index (χ0n) is 9.14. The summed E-state index contributed by atoms with van der Waals surface area (Å²) in [4.78, 5) is 0. The molecule has 0 spiro atoms. The predicted molar refractivity (Wildman–Crippen MR) is 66.3 cm³/mol. The van der Waals surface area contributed by atoms with Crippen LogP contribution in [0.4, 0.5) is 5.69 Å². The van der Waals surface area contributed by atoms with Gasteiger partial charge in [0, 0.05) is 22.1 Å². The molecule has 82 valence electrons. The van der Waals surface area contributed by atoms with Crippen molar-refractivity contribution in [3.05, 3.63) is 28.2 Å². The first-order valence-electron chi connectivity index (χ1n) is 5.17. The van der Waals surface area contributed by atoms with E-state index in [2.05, 4.69) is 53.3 Å². The smallest absolute Gasteiger partial charge is 0.0559 e. The number of nitrogens with one attached hydrogen (secondary N) is 1. The van der Waals surface area contributed by atoms with Crippen LogP contribution in [0.1, 0.15) is 12.5 Å². The van der Waals surface area contributed by atoms with Gasteiger partial charge in [-0.15, -0.1) is 0 Å². The fraction of sp³-hybridized carbons (Fsp3) is 0.500. The minimum absolute atomic E-state index is 0.309. The third kappa shape index (κ3) is 2.34. The van der Waals surface area contributed by atoms with Gasteiger partial charge in [-0.05, 0) is 34.5 Å². The molecule has 1 saturated heterocycles. The van der Waals surface area contributed by atoms with E-state index in [-0.39, 0.29) is 0 Å². The molecular weight excluding hydrogens is 254 g/mol. The summed E-state index contributed by atoms with van der Waals surface area (Å²) in [6.07, 6.45) is 0. The van der Waals surface area contributed by atoms with E-state index in [1.165, 1.54) is 11.3 Å². The van der Waals surface area contributed by atoms with Crippen LogP contribution in [0.2, 0.25) is 0 Å². The highest BCUT2D eigenvalue weighted by Crippen LogP contribution is 2.30. The summed E-state index contributed by atoms with van der Waals surface area (Å²) in [7, 11) is 0. The minimum atomic E-state index is 0.309. The highest BCUT2D eigenvalue weighted by atomic mass is 79.9. The van der Waals surface area contributed by atoms with E-state index in [9.17, 15) is 0 Å². The Balaban J connectivity index is 2.01. The Morgan fingerprint density at radius 2 is 2.20 bits per heavy atom. The molecule has 1 aromatic carbocycles. The molecule has 0 saturated carbocycles. The van der Waals surface area contributed by atoms with Crippen molar-refractivity contribution in [1.82, 2.24) is 0 Å². The zero-order valence-corrected chi connectivity index (χ0v) is 10.7. The van der Waals surface area contributed by atoms with E-state index in [1.807, 2.05) is 0 Å². The number of rotatable bonds is 3. The van der Waals surface area contributed by atoms with E-state index < -0.39 is 0 Å². The van der Waals surface area contributed by atoms with Crippen molar-refractivity contribution in [3.63, 3.8) is 0 Å². The van der Waals surface area contributed by atoms with Crippen molar-refractivity contribution >= 4 is 21.6 Å². The molecule has 0 aromatic heterocycles. The molecule has 1 N–H and O–H groups in total. The van der Waals surface area contributed by atoms with E-state index in [4.69, 9.17) is 4.74 Å². The van der Waals surface area contributed by atoms with Crippen molar-refractivity contribution in [3.8, 4) is 0 Å². The third-order valence-electron chi connectivity index (χ3n) is 2.80. The molecule has 2 nitrogen and oxygen atoms in total. The van der Waals surface area contributed by atoms with E-state index in [1.54, 1.807) is 0 Å². The number of aryl methyl sites for hydroxylation is 1. The largest absolute Gasteiger partial charge is 0.383 e. The summed E-state index contributed by atoms with van der Waals surface area (Å²) in [6.45, 7) is 7.04. The van der Waals surface area contributed by atoms with E-state index in [0.29, 0.717) is 5.41 Å². The summed E-state index contributed by atoms with van der Waals surface area (Å²) in [5.74, 6) is 0. The van der Waals surface area contributed by atoms with Crippen LogP contribution in [0, 0.1) is 12.3 Å². The van der Waals surface area contributed by atoms with Gasteiger partial charge in [-0.3, -0.25) is 0 Å². The highest BCUT2D eigenvalue weighted by molar-refractivity contribution is 9.10. The van der Waals surface area contributed by atoms with Crippen LogP contribution in [0.15, 0.2) is 22.7 Å². The van der Waals surface area contributed by atoms with Crippen LogP contribution < -0.4 is 5.32 Å². The van der Waals surface area contributed by atoms with Gasteiger partial charge in [0.05, 0.1) is 13.2 Å². The van der Waals surface area contributed by atoms with E-state index in [0.717, 1.165) is 24.2 Å². The first-order chi connectivity index (χ1) is 7.11. The van der Waals surface area contributed by atoms with Crippen molar-refractivity contribution < 1.29 is 4.74 Å². The molecule has 0 aliphatic carbocycles. The topological polar surface area (TPSA) is 21.3 Å². The monoisotopic (exact) mass is 269 g/mol. The molecule has 3 heteroatoms. The Hall–Kier alpha value is -0.540. The van der Waals surface area contributed by atoms with Gasteiger partial charge in [-0.1, -0.05) is 19.1 Å². The normalized spacial score (nSPS) is 18.3. The van der Waals surface area contributed by atoms with Crippen molar-refractivity contribution in [2.24, 2.45) is 5.41 Å². The SMILES string of the molecule is Cc1cccc(NCC2(C)COC2)c1Br. The summed E-state index contributed by atoms with van der Waals surface area (Å²) in [5.41, 5.74) is 2.74. The molecular formula is C12H16BrNO. The summed E-state index contributed by atoms with van der Waals surface area (Å²) < 4.78 is 6.39. The predicted octanol–water partition coefficient (Wildman–Crippen LogP) is 3.21. The first-order valence-corrected chi connectivity index (χ1v) is 5.97. The Bertz CT molecular complexity index is 361. The molecule has 15 heavy (non-hydrogen) atoms. The lowest BCUT2D eigenvalue weighted by molar-refractivity contribution is -0.0924. The molecule has 0 bridgehead atoms. The third-order valence-corrected chi connectivity index (χ3v) is 3.85. The van der Waals surface area contributed by atoms with Gasteiger partial charge in [0.2, 0.25) is 0 Å². The van der Waals surface area contributed by atoms with Gasteiger partial charge >= 0.3 is 0 Å². The average Bonchev–Trinajstić information content (AvgIpc) is 2.17.